The van der Waals surface area contributed by atoms with Gasteiger partial charge in [0.05, 0.1) is 6.20 Å². The van der Waals surface area contributed by atoms with E-state index in [1.165, 1.54) is 44.2 Å². The maximum absolute atomic E-state index is 12.6. The SMILES string of the molecule is O=c1[nH]ncc2nc(N3CCCCCC3)nc(Nc3ccc(N4CCC5(CC4)CC5)cc3)c12. The van der Waals surface area contributed by atoms with E-state index in [-0.39, 0.29) is 5.56 Å². The van der Waals surface area contributed by atoms with Crippen LogP contribution in [0.25, 0.3) is 10.9 Å². The highest BCUT2D eigenvalue weighted by Gasteiger charge is 2.44. The van der Waals surface area contributed by atoms with E-state index in [1.807, 2.05) is 0 Å². The van der Waals surface area contributed by atoms with E-state index in [9.17, 15) is 4.79 Å². The normalized spacial score (nSPS) is 20.1. The zero-order valence-electron chi connectivity index (χ0n) is 19.0. The van der Waals surface area contributed by atoms with Crippen molar-refractivity contribution in [3.8, 4) is 0 Å². The van der Waals surface area contributed by atoms with E-state index in [0.29, 0.717) is 28.1 Å². The topological polar surface area (TPSA) is 90.0 Å². The summed E-state index contributed by atoms with van der Waals surface area (Å²) in [7, 11) is 0. The molecule has 8 heteroatoms. The van der Waals surface area contributed by atoms with Gasteiger partial charge in [0.15, 0.2) is 0 Å². The Morgan fingerprint density at radius 3 is 2.27 bits per heavy atom. The monoisotopic (exact) mass is 445 g/mol. The lowest BCUT2D eigenvalue weighted by Crippen LogP contribution is -2.34. The first-order valence-electron chi connectivity index (χ1n) is 12.3. The van der Waals surface area contributed by atoms with Gasteiger partial charge in [-0.3, -0.25) is 4.79 Å². The molecule has 33 heavy (non-hydrogen) atoms. The van der Waals surface area contributed by atoms with Gasteiger partial charge < -0.3 is 15.1 Å². The van der Waals surface area contributed by atoms with Crippen molar-refractivity contribution in [1.29, 1.82) is 0 Å². The smallest absolute Gasteiger partial charge is 0.277 e. The number of piperidine rings is 1. The van der Waals surface area contributed by atoms with Crippen LogP contribution in [-0.4, -0.2) is 46.3 Å². The van der Waals surface area contributed by atoms with Gasteiger partial charge in [0.1, 0.15) is 16.7 Å². The molecule has 1 aromatic carbocycles. The minimum atomic E-state index is -0.281. The van der Waals surface area contributed by atoms with Gasteiger partial charge in [0.25, 0.3) is 5.56 Å². The fourth-order valence-electron chi connectivity index (χ4n) is 5.30. The second-order valence-corrected chi connectivity index (χ2v) is 9.89. The van der Waals surface area contributed by atoms with Gasteiger partial charge in [0, 0.05) is 37.6 Å². The molecule has 1 saturated carbocycles. The standard InChI is InChI=1S/C25H31N7O/c33-23-21-20(17-26-30-23)28-24(32-13-3-1-2-4-14-32)29-22(21)27-18-5-7-19(8-6-18)31-15-11-25(9-10-25)12-16-31/h5-8,17H,1-4,9-16H2,(H,30,33)(H,27,28,29). The third-order valence-corrected chi connectivity index (χ3v) is 7.67. The van der Waals surface area contributed by atoms with Crippen molar-refractivity contribution >= 4 is 34.0 Å². The molecule has 3 fully saturated rings. The Morgan fingerprint density at radius 2 is 1.58 bits per heavy atom. The third kappa shape index (κ3) is 4.14. The zero-order chi connectivity index (χ0) is 22.3. The number of rotatable bonds is 4. The van der Waals surface area contributed by atoms with Crippen molar-refractivity contribution in [3.05, 3.63) is 40.8 Å². The van der Waals surface area contributed by atoms with Crippen LogP contribution in [0.3, 0.4) is 0 Å². The molecule has 3 aromatic rings. The Bertz CT molecular complexity index is 1180. The van der Waals surface area contributed by atoms with Crippen molar-refractivity contribution in [2.45, 2.75) is 51.4 Å². The summed E-state index contributed by atoms with van der Waals surface area (Å²) >= 11 is 0. The Labute approximate surface area is 193 Å². The average Bonchev–Trinajstić information content (AvgIpc) is 3.64. The number of benzene rings is 1. The fraction of sp³-hybridized carbons (Fsp3) is 0.520. The molecule has 2 aliphatic heterocycles. The summed E-state index contributed by atoms with van der Waals surface area (Å²) in [5, 5.41) is 10.3. The number of H-pyrrole nitrogens is 1. The molecule has 172 valence electrons. The number of aromatic nitrogens is 4. The Hall–Kier alpha value is -3.16. The van der Waals surface area contributed by atoms with Gasteiger partial charge in [-0.05, 0) is 68.2 Å². The summed E-state index contributed by atoms with van der Waals surface area (Å²) in [4.78, 5) is 26.8. The first kappa shape index (κ1) is 20.4. The second-order valence-electron chi connectivity index (χ2n) is 9.89. The van der Waals surface area contributed by atoms with Crippen LogP contribution in [-0.2, 0) is 0 Å². The van der Waals surface area contributed by atoms with Gasteiger partial charge in [-0.15, -0.1) is 0 Å². The predicted octanol–water partition coefficient (Wildman–Crippen LogP) is 4.22. The first-order chi connectivity index (χ1) is 16.2. The first-order valence-corrected chi connectivity index (χ1v) is 12.3. The van der Waals surface area contributed by atoms with E-state index < -0.39 is 0 Å². The van der Waals surface area contributed by atoms with Crippen LogP contribution in [0.5, 0.6) is 0 Å². The summed E-state index contributed by atoms with van der Waals surface area (Å²) < 4.78 is 0. The maximum Gasteiger partial charge on any atom is 0.277 e. The molecule has 0 radical (unpaired) electrons. The summed E-state index contributed by atoms with van der Waals surface area (Å²) in [6, 6.07) is 8.48. The van der Waals surface area contributed by atoms with Crippen LogP contribution in [0.4, 0.5) is 23.1 Å². The Balaban J connectivity index is 1.27. The lowest BCUT2D eigenvalue weighted by molar-refractivity contribution is 0.384. The number of hydrogen-bond donors (Lipinski definition) is 2. The van der Waals surface area contributed by atoms with Crippen LogP contribution >= 0.6 is 0 Å². The molecule has 1 spiro atoms. The quantitative estimate of drug-likeness (QED) is 0.621. The minimum absolute atomic E-state index is 0.281. The lowest BCUT2D eigenvalue weighted by atomic mass is 9.93. The molecule has 2 saturated heterocycles. The highest BCUT2D eigenvalue weighted by molar-refractivity contribution is 5.90. The zero-order valence-corrected chi connectivity index (χ0v) is 19.0. The Morgan fingerprint density at radius 1 is 0.848 bits per heavy atom. The van der Waals surface area contributed by atoms with E-state index >= 15 is 0 Å². The molecule has 3 aliphatic rings. The number of aromatic amines is 1. The number of nitrogens with one attached hydrogen (secondary N) is 2. The Kier molecular flexibility index (Phi) is 5.15. The van der Waals surface area contributed by atoms with Crippen molar-refractivity contribution in [2.75, 3.05) is 41.3 Å². The van der Waals surface area contributed by atoms with E-state index in [0.717, 1.165) is 44.7 Å². The van der Waals surface area contributed by atoms with Crippen molar-refractivity contribution < 1.29 is 0 Å². The molecule has 1 aliphatic carbocycles. The van der Waals surface area contributed by atoms with E-state index in [2.05, 4.69) is 54.6 Å². The summed E-state index contributed by atoms with van der Waals surface area (Å²) in [6.45, 7) is 4.16. The largest absolute Gasteiger partial charge is 0.371 e. The summed E-state index contributed by atoms with van der Waals surface area (Å²) in [5.74, 6) is 1.20. The van der Waals surface area contributed by atoms with Crippen LogP contribution in [0.15, 0.2) is 35.3 Å². The third-order valence-electron chi connectivity index (χ3n) is 7.67. The molecule has 0 atom stereocenters. The predicted molar refractivity (Wildman–Crippen MR) is 131 cm³/mol. The van der Waals surface area contributed by atoms with Gasteiger partial charge >= 0.3 is 0 Å². The van der Waals surface area contributed by atoms with Crippen LogP contribution in [0, 0.1) is 5.41 Å². The van der Waals surface area contributed by atoms with Crippen LogP contribution in [0.1, 0.15) is 51.4 Å². The maximum atomic E-state index is 12.6. The summed E-state index contributed by atoms with van der Waals surface area (Å²) in [5.41, 5.74) is 3.13. The molecular formula is C25H31N7O. The molecule has 2 aromatic heterocycles. The molecular weight excluding hydrogens is 414 g/mol. The van der Waals surface area contributed by atoms with Gasteiger partial charge in [-0.2, -0.15) is 10.1 Å². The highest BCUT2D eigenvalue weighted by Crippen LogP contribution is 2.53. The van der Waals surface area contributed by atoms with E-state index in [4.69, 9.17) is 4.98 Å². The van der Waals surface area contributed by atoms with Crippen LogP contribution < -0.4 is 20.7 Å². The fourth-order valence-corrected chi connectivity index (χ4v) is 5.30. The minimum Gasteiger partial charge on any atom is -0.371 e. The number of hydrogen-bond acceptors (Lipinski definition) is 7. The highest BCUT2D eigenvalue weighted by atomic mass is 16.1. The molecule has 4 heterocycles. The van der Waals surface area contributed by atoms with Crippen LogP contribution in [0.2, 0.25) is 0 Å². The average molecular weight is 446 g/mol. The summed E-state index contributed by atoms with van der Waals surface area (Å²) in [6.07, 6.45) is 11.8. The molecule has 0 bridgehead atoms. The second kappa shape index (κ2) is 8.32. The molecule has 6 rings (SSSR count). The van der Waals surface area contributed by atoms with E-state index in [1.54, 1.807) is 6.20 Å². The number of anilines is 4. The number of nitrogens with zero attached hydrogens (tertiary/aromatic N) is 5. The molecule has 2 N–H and O–H groups in total. The van der Waals surface area contributed by atoms with Crippen molar-refractivity contribution in [1.82, 2.24) is 20.2 Å². The van der Waals surface area contributed by atoms with Gasteiger partial charge in [-0.1, -0.05) is 12.8 Å². The van der Waals surface area contributed by atoms with Gasteiger partial charge in [0.2, 0.25) is 5.95 Å². The number of fused-ring (bicyclic) bond motifs is 1. The molecule has 0 unspecified atom stereocenters. The molecule has 8 nitrogen and oxygen atoms in total. The van der Waals surface area contributed by atoms with Crippen molar-refractivity contribution in [3.63, 3.8) is 0 Å². The molecule has 0 amide bonds. The van der Waals surface area contributed by atoms with Crippen molar-refractivity contribution in [2.24, 2.45) is 5.41 Å². The lowest BCUT2D eigenvalue weighted by Gasteiger charge is -2.33. The van der Waals surface area contributed by atoms with Gasteiger partial charge in [-0.25, -0.2) is 10.1 Å².